The lowest BCUT2D eigenvalue weighted by Gasteiger charge is -2.18. The number of alkyl halides is 1. The maximum Gasteiger partial charge on any atom is 0.249 e. The fourth-order valence-corrected chi connectivity index (χ4v) is 3.12. The van der Waals surface area contributed by atoms with Crippen LogP contribution in [0.15, 0.2) is 0 Å². The van der Waals surface area contributed by atoms with Crippen molar-refractivity contribution < 1.29 is 19.4 Å². The van der Waals surface area contributed by atoms with Crippen LogP contribution in [0, 0.1) is 10.8 Å². The van der Waals surface area contributed by atoms with Crippen molar-refractivity contribution in [3.8, 4) is 0 Å². The van der Waals surface area contributed by atoms with E-state index in [0.717, 1.165) is 51.6 Å². The van der Waals surface area contributed by atoms with Gasteiger partial charge in [0.1, 0.15) is 6.10 Å². The van der Waals surface area contributed by atoms with Crippen LogP contribution in [0.4, 0.5) is 0 Å². The van der Waals surface area contributed by atoms with Crippen molar-refractivity contribution >= 4 is 27.7 Å². The van der Waals surface area contributed by atoms with E-state index in [2.05, 4.69) is 68.1 Å². The fraction of sp³-hybridized carbons (Fsp3) is 0.909. The fourth-order valence-electron chi connectivity index (χ4n) is 2.73. The molecule has 29 heavy (non-hydrogen) atoms. The van der Waals surface area contributed by atoms with Crippen molar-refractivity contribution in [3.05, 3.63) is 0 Å². The summed E-state index contributed by atoms with van der Waals surface area (Å²) in [5.74, 6) is 0.181. The number of hydrogen-bond donors (Lipinski definition) is 3. The molecule has 2 aliphatic heterocycles. The summed E-state index contributed by atoms with van der Waals surface area (Å²) in [6.07, 6.45) is 5.80. The van der Waals surface area contributed by atoms with Crippen molar-refractivity contribution in [1.82, 2.24) is 10.6 Å². The number of hydrogen-bond acceptors (Lipinski definition) is 4. The van der Waals surface area contributed by atoms with Gasteiger partial charge in [0.15, 0.2) is 0 Å². The Bertz CT molecular complexity index is 472. The number of carbonyl (C=O) groups excluding carboxylic acids is 2. The number of ether oxygens (including phenoxy) is 1. The minimum Gasteiger partial charge on any atom is -0.396 e. The first kappa shape index (κ1) is 28.3. The predicted molar refractivity (Wildman–Crippen MR) is 122 cm³/mol. The molecule has 2 rings (SSSR count). The predicted octanol–water partition coefficient (Wildman–Crippen LogP) is 3.79. The van der Waals surface area contributed by atoms with Crippen LogP contribution >= 0.6 is 15.9 Å². The molecule has 0 spiro atoms. The van der Waals surface area contributed by atoms with Gasteiger partial charge in [0.25, 0.3) is 0 Å². The van der Waals surface area contributed by atoms with Crippen molar-refractivity contribution in [2.75, 3.05) is 26.3 Å². The highest BCUT2D eigenvalue weighted by Gasteiger charge is 2.24. The zero-order chi connectivity index (χ0) is 22.5. The van der Waals surface area contributed by atoms with E-state index in [1.54, 1.807) is 0 Å². The first-order valence-corrected chi connectivity index (χ1v) is 11.7. The summed E-state index contributed by atoms with van der Waals surface area (Å²) in [5, 5.41) is 13.9. The highest BCUT2D eigenvalue weighted by molar-refractivity contribution is 9.10. The largest absolute Gasteiger partial charge is 0.396 e. The Hall–Kier alpha value is -0.660. The molecule has 2 atom stereocenters. The Kier molecular flexibility index (Phi) is 14.0. The first-order valence-electron chi connectivity index (χ1n) is 10.8. The summed E-state index contributed by atoms with van der Waals surface area (Å²) in [4.78, 5) is 21.6. The summed E-state index contributed by atoms with van der Waals surface area (Å²) in [5.41, 5.74) is 0.754. The molecule has 2 aliphatic rings. The summed E-state index contributed by atoms with van der Waals surface area (Å²) in [6.45, 7) is 15.8. The van der Waals surface area contributed by atoms with Gasteiger partial charge in [0.05, 0.1) is 4.83 Å². The van der Waals surface area contributed by atoms with Gasteiger partial charge in [0, 0.05) is 26.3 Å². The van der Waals surface area contributed by atoms with Crippen molar-refractivity contribution in [3.63, 3.8) is 0 Å². The number of carbonyl (C=O) groups is 2. The number of aliphatic hydroxyl groups is 1. The van der Waals surface area contributed by atoms with E-state index in [-0.39, 0.29) is 22.7 Å². The summed E-state index contributed by atoms with van der Waals surface area (Å²) >= 11 is 3.19. The lowest BCUT2D eigenvalue weighted by molar-refractivity contribution is -0.129. The Balaban J connectivity index is 0.000000444. The van der Waals surface area contributed by atoms with Gasteiger partial charge < -0.3 is 20.5 Å². The standard InChI is InChI=1S/C11H21NO2.C7H16O.C4H6BrNO/c1-11(2,3)6-4-8-14-9-5-7-12-10(9)13;1-7(2,3)5-4-6-8;5-3-1-2-6-4(3)7/h9H,4-8H2,1-3H3,(H,12,13);8H,4-6H2,1-3H3;3H,1-2H2,(H,6,7). The van der Waals surface area contributed by atoms with E-state index in [9.17, 15) is 9.59 Å². The molecule has 0 radical (unpaired) electrons. The zero-order valence-corrected chi connectivity index (χ0v) is 20.9. The van der Waals surface area contributed by atoms with E-state index in [4.69, 9.17) is 9.84 Å². The highest BCUT2D eigenvalue weighted by atomic mass is 79.9. The molecule has 172 valence electrons. The minimum atomic E-state index is -0.185. The lowest BCUT2D eigenvalue weighted by Crippen LogP contribution is -2.25. The van der Waals surface area contributed by atoms with E-state index in [1.165, 1.54) is 0 Å². The molecular formula is C22H43BrN2O4. The third-order valence-corrected chi connectivity index (χ3v) is 5.33. The quantitative estimate of drug-likeness (QED) is 0.400. The molecule has 3 N–H and O–H groups in total. The molecule has 0 aromatic carbocycles. The van der Waals surface area contributed by atoms with Crippen LogP contribution in [-0.2, 0) is 14.3 Å². The maximum absolute atomic E-state index is 11.1. The smallest absolute Gasteiger partial charge is 0.249 e. The SMILES string of the molecule is CC(C)(C)CCCO.CC(C)(C)CCCOC1CCNC1=O.O=C1NCCC1Br. The van der Waals surface area contributed by atoms with Crippen LogP contribution in [0.25, 0.3) is 0 Å². The molecule has 0 bridgehead atoms. The van der Waals surface area contributed by atoms with Gasteiger partial charge in [-0.25, -0.2) is 0 Å². The molecule has 2 amide bonds. The molecule has 2 saturated heterocycles. The van der Waals surface area contributed by atoms with E-state index >= 15 is 0 Å². The van der Waals surface area contributed by atoms with E-state index < -0.39 is 0 Å². The first-order chi connectivity index (χ1) is 13.4. The van der Waals surface area contributed by atoms with Gasteiger partial charge in [-0.3, -0.25) is 9.59 Å². The van der Waals surface area contributed by atoms with Gasteiger partial charge in [-0.2, -0.15) is 0 Å². The minimum absolute atomic E-state index is 0.0563. The van der Waals surface area contributed by atoms with Crippen molar-refractivity contribution in [1.29, 1.82) is 0 Å². The van der Waals surface area contributed by atoms with Gasteiger partial charge >= 0.3 is 0 Å². The second kappa shape index (κ2) is 14.4. The number of halogens is 1. The van der Waals surface area contributed by atoms with Gasteiger partial charge in [-0.05, 0) is 49.4 Å². The Labute approximate surface area is 186 Å². The van der Waals surface area contributed by atoms with Crippen LogP contribution in [0.5, 0.6) is 0 Å². The number of amides is 2. The van der Waals surface area contributed by atoms with Crippen LogP contribution in [0.2, 0.25) is 0 Å². The third-order valence-electron chi connectivity index (χ3n) is 4.45. The molecule has 0 aromatic heterocycles. The third kappa shape index (κ3) is 16.8. The van der Waals surface area contributed by atoms with Crippen LogP contribution in [0.3, 0.4) is 0 Å². The number of nitrogens with one attached hydrogen (secondary N) is 2. The molecule has 6 nitrogen and oxygen atoms in total. The van der Waals surface area contributed by atoms with E-state index in [0.29, 0.717) is 24.0 Å². The number of aliphatic hydroxyl groups excluding tert-OH is 1. The molecule has 0 saturated carbocycles. The van der Waals surface area contributed by atoms with Gasteiger partial charge in [-0.1, -0.05) is 57.5 Å². The summed E-state index contributed by atoms with van der Waals surface area (Å²) in [6, 6.07) is 0. The average molecular weight is 480 g/mol. The molecule has 2 fully saturated rings. The van der Waals surface area contributed by atoms with Crippen molar-refractivity contribution in [2.45, 2.75) is 91.0 Å². The molecule has 2 heterocycles. The summed E-state index contributed by atoms with van der Waals surface area (Å²) < 4.78 is 5.50. The van der Waals surface area contributed by atoms with Gasteiger partial charge in [0.2, 0.25) is 11.8 Å². The topological polar surface area (TPSA) is 87.7 Å². The molecule has 0 aliphatic carbocycles. The van der Waals surface area contributed by atoms with Crippen LogP contribution in [-0.4, -0.2) is 54.2 Å². The lowest BCUT2D eigenvalue weighted by atomic mass is 9.91. The normalized spacial score (nSPS) is 21.5. The molecule has 7 heteroatoms. The Morgan fingerprint density at radius 1 is 0.931 bits per heavy atom. The number of rotatable bonds is 6. The second-order valence-corrected chi connectivity index (χ2v) is 11.1. The molecular weight excluding hydrogens is 436 g/mol. The van der Waals surface area contributed by atoms with Gasteiger partial charge in [-0.15, -0.1) is 0 Å². The highest BCUT2D eigenvalue weighted by Crippen LogP contribution is 2.21. The zero-order valence-electron chi connectivity index (χ0n) is 19.3. The van der Waals surface area contributed by atoms with Crippen LogP contribution in [0.1, 0.15) is 80.1 Å². The Morgan fingerprint density at radius 3 is 1.76 bits per heavy atom. The summed E-state index contributed by atoms with van der Waals surface area (Å²) in [7, 11) is 0. The second-order valence-electron chi connectivity index (χ2n) is 10.0. The maximum atomic E-state index is 11.1. The van der Waals surface area contributed by atoms with E-state index in [1.807, 2.05) is 0 Å². The molecule has 0 aromatic rings. The Morgan fingerprint density at radius 2 is 1.45 bits per heavy atom. The van der Waals surface area contributed by atoms with Crippen molar-refractivity contribution in [2.24, 2.45) is 10.8 Å². The molecule has 2 unspecified atom stereocenters. The van der Waals surface area contributed by atoms with Crippen LogP contribution < -0.4 is 10.6 Å². The monoisotopic (exact) mass is 478 g/mol. The average Bonchev–Trinajstić information content (AvgIpc) is 3.18.